The number of hydrogen-bond donors (Lipinski definition) is 1. The number of pyridine rings is 1. The number of nitrogens with one attached hydrogen (secondary N) is 1. The smallest absolute Gasteiger partial charge is 0.322 e. The van der Waals surface area contributed by atoms with Gasteiger partial charge in [-0.2, -0.15) is 18.3 Å². The van der Waals surface area contributed by atoms with E-state index in [1.807, 2.05) is 24.3 Å². The number of anilines is 1. The fourth-order valence-corrected chi connectivity index (χ4v) is 3.53. The normalized spacial score (nSPS) is 11.7. The molecule has 29 heavy (non-hydrogen) atoms. The highest BCUT2D eigenvalue weighted by Crippen LogP contribution is 2.34. The maximum atomic E-state index is 13.5. The molecule has 0 radical (unpaired) electrons. The van der Waals surface area contributed by atoms with Crippen LogP contribution < -0.4 is 5.32 Å². The van der Waals surface area contributed by atoms with Gasteiger partial charge in [0.2, 0.25) is 0 Å². The number of nitrogens with zero attached hydrogens (tertiary/aromatic N) is 3. The van der Waals surface area contributed by atoms with Gasteiger partial charge in [-0.05, 0) is 43.7 Å². The lowest BCUT2D eigenvalue weighted by Crippen LogP contribution is -2.22. The predicted molar refractivity (Wildman–Crippen MR) is 106 cm³/mol. The van der Waals surface area contributed by atoms with Gasteiger partial charge in [0, 0.05) is 23.7 Å². The second-order valence-corrected chi connectivity index (χ2v) is 7.55. The number of rotatable bonds is 6. The summed E-state index contributed by atoms with van der Waals surface area (Å²) in [5.41, 5.74) is -0.224. The van der Waals surface area contributed by atoms with Gasteiger partial charge in [0.15, 0.2) is 5.69 Å². The van der Waals surface area contributed by atoms with Crippen LogP contribution in [0.5, 0.6) is 0 Å². The summed E-state index contributed by atoms with van der Waals surface area (Å²) in [6, 6.07) is 12.1. The highest BCUT2D eigenvalue weighted by Gasteiger charge is 2.40. The molecular formula is C20H19F3N4OS. The van der Waals surface area contributed by atoms with Gasteiger partial charge in [0.05, 0.1) is 16.8 Å². The highest BCUT2D eigenvalue weighted by molar-refractivity contribution is 7.98. The van der Waals surface area contributed by atoms with Crippen LogP contribution in [-0.4, -0.2) is 20.7 Å². The van der Waals surface area contributed by atoms with E-state index in [0.717, 1.165) is 21.5 Å². The van der Waals surface area contributed by atoms with Crippen molar-refractivity contribution >= 4 is 23.4 Å². The van der Waals surface area contributed by atoms with E-state index < -0.39 is 29.4 Å². The Morgan fingerprint density at radius 1 is 1.21 bits per heavy atom. The van der Waals surface area contributed by atoms with Gasteiger partial charge >= 0.3 is 6.18 Å². The van der Waals surface area contributed by atoms with Crippen LogP contribution >= 0.6 is 11.8 Å². The third kappa shape index (κ3) is 5.17. The maximum Gasteiger partial charge on any atom is 0.433 e. The molecule has 2 heterocycles. The number of benzene rings is 1. The summed E-state index contributed by atoms with van der Waals surface area (Å²) >= 11 is 1.52. The van der Waals surface area contributed by atoms with Gasteiger partial charge in [0.1, 0.15) is 0 Å². The summed E-state index contributed by atoms with van der Waals surface area (Å²) in [4.78, 5) is 16.8. The minimum Gasteiger partial charge on any atom is -0.322 e. The lowest BCUT2D eigenvalue weighted by Gasteiger charge is -2.15. The van der Waals surface area contributed by atoms with Gasteiger partial charge in [-0.25, -0.2) is 4.98 Å². The molecule has 0 unspecified atom stereocenters. The van der Waals surface area contributed by atoms with Crippen LogP contribution in [0.2, 0.25) is 0 Å². The molecule has 3 aromatic rings. The van der Waals surface area contributed by atoms with Crippen molar-refractivity contribution in [2.75, 3.05) is 5.32 Å². The summed E-state index contributed by atoms with van der Waals surface area (Å²) in [7, 11) is 0. The molecule has 5 nitrogen and oxygen atoms in total. The molecule has 0 aliphatic heterocycles. The molecule has 0 bridgehead atoms. The van der Waals surface area contributed by atoms with Crippen molar-refractivity contribution < 1.29 is 18.0 Å². The monoisotopic (exact) mass is 420 g/mol. The number of aromatic nitrogens is 3. The molecular weight excluding hydrogens is 401 g/mol. The summed E-state index contributed by atoms with van der Waals surface area (Å²) < 4.78 is 41.2. The third-order valence-corrected chi connectivity index (χ3v) is 5.02. The maximum absolute atomic E-state index is 13.5. The van der Waals surface area contributed by atoms with Crippen LogP contribution in [0.3, 0.4) is 0 Å². The number of amides is 1. The number of carbonyl (C=O) groups is 1. The van der Waals surface area contributed by atoms with Crippen molar-refractivity contribution in [3.8, 4) is 0 Å². The minimum atomic E-state index is -4.69. The number of alkyl halides is 3. The number of thioether (sulfide) groups is 1. The zero-order valence-electron chi connectivity index (χ0n) is 15.8. The van der Waals surface area contributed by atoms with Crippen molar-refractivity contribution in [1.82, 2.24) is 14.8 Å². The number of hydrogen-bond acceptors (Lipinski definition) is 4. The number of carbonyl (C=O) groups excluding carboxylic acids is 1. The fraction of sp³-hybridized carbons (Fsp3) is 0.250. The quantitative estimate of drug-likeness (QED) is 0.541. The lowest BCUT2D eigenvalue weighted by atomic mass is 10.2. The van der Waals surface area contributed by atoms with Gasteiger partial charge in [-0.3, -0.25) is 9.48 Å². The average molecular weight is 420 g/mol. The summed E-state index contributed by atoms with van der Waals surface area (Å²) in [5, 5.41) is 7.15. The van der Waals surface area contributed by atoms with E-state index in [1.54, 1.807) is 38.2 Å². The first-order valence-corrected chi connectivity index (χ1v) is 9.83. The second kappa shape index (κ2) is 8.69. The molecule has 2 aromatic heterocycles. The van der Waals surface area contributed by atoms with E-state index in [0.29, 0.717) is 11.4 Å². The van der Waals surface area contributed by atoms with E-state index in [4.69, 9.17) is 0 Å². The van der Waals surface area contributed by atoms with Gasteiger partial charge in [-0.1, -0.05) is 18.2 Å². The van der Waals surface area contributed by atoms with Crippen molar-refractivity contribution in [1.29, 1.82) is 0 Å². The molecule has 0 fully saturated rings. The first-order valence-electron chi connectivity index (χ1n) is 8.84. The zero-order chi connectivity index (χ0) is 21.0. The lowest BCUT2D eigenvalue weighted by molar-refractivity contribution is -0.145. The number of halogens is 3. The van der Waals surface area contributed by atoms with Crippen molar-refractivity contribution in [2.24, 2.45) is 0 Å². The average Bonchev–Trinajstić information content (AvgIpc) is 3.14. The SMILES string of the molecule is CC(C)n1ncc(C(=O)Nc2cccc(CSc3ccccn3)c2)c1C(F)(F)F. The first kappa shape index (κ1) is 20.9. The standard InChI is InChI=1S/C20H19F3N4OS/c1-13(2)27-18(20(21,22)23)16(11-25-27)19(28)26-15-7-5-6-14(10-15)12-29-17-8-3-4-9-24-17/h3-11,13H,12H2,1-2H3,(H,26,28). The van der Waals surface area contributed by atoms with E-state index >= 15 is 0 Å². The van der Waals surface area contributed by atoms with Crippen LogP contribution in [0.25, 0.3) is 0 Å². The molecule has 0 saturated carbocycles. The fourth-order valence-electron chi connectivity index (χ4n) is 2.73. The molecule has 0 atom stereocenters. The Labute approximate surface area is 170 Å². The summed E-state index contributed by atoms with van der Waals surface area (Å²) in [6.07, 6.45) is -2.03. The Balaban J connectivity index is 1.76. The van der Waals surface area contributed by atoms with Crippen molar-refractivity contribution in [3.63, 3.8) is 0 Å². The van der Waals surface area contributed by atoms with Crippen LogP contribution in [0.15, 0.2) is 59.9 Å². The van der Waals surface area contributed by atoms with Crippen molar-refractivity contribution in [2.45, 2.75) is 36.8 Å². The molecule has 1 N–H and O–H groups in total. The Bertz CT molecular complexity index is 987. The van der Waals surface area contributed by atoms with Crippen LogP contribution in [0, 0.1) is 0 Å². The molecule has 0 aliphatic rings. The molecule has 0 saturated heterocycles. The van der Waals surface area contributed by atoms with Crippen LogP contribution in [0.4, 0.5) is 18.9 Å². The predicted octanol–water partition coefficient (Wildman–Crippen LogP) is 5.42. The Morgan fingerprint density at radius 3 is 2.66 bits per heavy atom. The van der Waals surface area contributed by atoms with Crippen molar-refractivity contribution in [3.05, 3.63) is 71.7 Å². The van der Waals surface area contributed by atoms with Gasteiger partial charge in [-0.15, -0.1) is 11.8 Å². The third-order valence-electron chi connectivity index (χ3n) is 4.01. The molecule has 9 heteroatoms. The molecule has 3 rings (SSSR count). The largest absolute Gasteiger partial charge is 0.433 e. The Morgan fingerprint density at radius 2 is 2.00 bits per heavy atom. The van der Waals surface area contributed by atoms with Gasteiger partial charge < -0.3 is 5.32 Å². The highest BCUT2D eigenvalue weighted by atomic mass is 32.2. The molecule has 0 aliphatic carbocycles. The van der Waals surface area contributed by atoms with Crippen LogP contribution in [-0.2, 0) is 11.9 Å². The van der Waals surface area contributed by atoms with E-state index in [1.165, 1.54) is 11.8 Å². The molecule has 1 amide bonds. The Hall–Kier alpha value is -2.81. The topological polar surface area (TPSA) is 59.8 Å². The van der Waals surface area contributed by atoms with Crippen LogP contribution in [0.1, 0.15) is 41.5 Å². The van der Waals surface area contributed by atoms with E-state index in [2.05, 4.69) is 15.4 Å². The molecule has 0 spiro atoms. The first-order chi connectivity index (χ1) is 13.8. The molecule has 152 valence electrons. The van der Waals surface area contributed by atoms with E-state index in [9.17, 15) is 18.0 Å². The second-order valence-electron chi connectivity index (χ2n) is 6.55. The van der Waals surface area contributed by atoms with Gasteiger partial charge in [0.25, 0.3) is 5.91 Å². The zero-order valence-corrected chi connectivity index (χ0v) is 16.6. The summed E-state index contributed by atoms with van der Waals surface area (Å²) in [6.45, 7) is 3.15. The van der Waals surface area contributed by atoms with E-state index in [-0.39, 0.29) is 0 Å². The Kier molecular flexibility index (Phi) is 6.26. The summed E-state index contributed by atoms with van der Waals surface area (Å²) in [5.74, 6) is -0.237. The minimum absolute atomic E-state index is 0.416. The molecule has 1 aromatic carbocycles.